The fraction of sp³-hybridized carbons (Fsp3) is 0.184. The van der Waals surface area contributed by atoms with E-state index in [4.69, 9.17) is 14.6 Å². The summed E-state index contributed by atoms with van der Waals surface area (Å²) in [6, 6.07) is 26.9. The summed E-state index contributed by atoms with van der Waals surface area (Å²) in [5.74, 6) is -1.47. The van der Waals surface area contributed by atoms with Crippen LogP contribution in [0.25, 0.3) is 10.8 Å². The maximum atomic E-state index is 13.1. The van der Waals surface area contributed by atoms with Gasteiger partial charge >= 0.3 is 11.9 Å². The van der Waals surface area contributed by atoms with Gasteiger partial charge in [-0.25, -0.2) is 4.79 Å². The highest BCUT2D eigenvalue weighted by Gasteiger charge is 2.22. The molecule has 5 rings (SSSR count). The first-order valence-corrected chi connectivity index (χ1v) is 15.4. The van der Waals surface area contributed by atoms with Crippen molar-refractivity contribution in [3.05, 3.63) is 120 Å². The van der Waals surface area contributed by atoms with E-state index in [2.05, 4.69) is 36.4 Å². The Morgan fingerprint density at radius 1 is 0.735 bits per heavy atom. The van der Waals surface area contributed by atoms with Crippen molar-refractivity contribution < 1.29 is 38.9 Å². The molecule has 1 heterocycles. The van der Waals surface area contributed by atoms with E-state index in [1.807, 2.05) is 36.4 Å². The standard InChI is InChI=1S/C38H35N3O8/c1-38(2,3)26-7-14-29(15-8-26)49-31-13-6-24-22-39-32(20-25(24)19-31)36(45)41-33(37(46)47)18-23-4-11-28(12-5-23)48-30-16-9-27(10-17-30)40-34(42)21-35(43)44/h4-17,19-20,22,33H,18,21H2,1-3H3,(H,40,42)(H,41,45)(H,43,44)(H,46,47)/t33-/m0/s1. The molecule has 11 nitrogen and oxygen atoms in total. The molecular weight excluding hydrogens is 626 g/mol. The summed E-state index contributed by atoms with van der Waals surface area (Å²) < 4.78 is 11.9. The van der Waals surface area contributed by atoms with Crippen LogP contribution in [0.1, 0.15) is 48.8 Å². The van der Waals surface area contributed by atoms with Gasteiger partial charge in [0.25, 0.3) is 5.91 Å². The van der Waals surface area contributed by atoms with Gasteiger partial charge in [-0.3, -0.25) is 19.4 Å². The van der Waals surface area contributed by atoms with E-state index in [9.17, 15) is 24.3 Å². The SMILES string of the molecule is CC(C)(C)c1ccc(Oc2ccc3cnc(C(=O)N[C@@H](Cc4ccc(Oc5ccc(NC(=O)CC(=O)O)cc5)cc4)C(=O)O)cc3c2)cc1. The molecule has 250 valence electrons. The van der Waals surface area contributed by atoms with Crippen molar-refractivity contribution in [2.75, 3.05) is 5.32 Å². The number of aromatic nitrogens is 1. The second-order valence-electron chi connectivity index (χ2n) is 12.4. The van der Waals surface area contributed by atoms with Gasteiger partial charge in [-0.15, -0.1) is 0 Å². The average Bonchev–Trinajstić information content (AvgIpc) is 3.05. The summed E-state index contributed by atoms with van der Waals surface area (Å²) in [6.07, 6.45) is 0.942. The van der Waals surface area contributed by atoms with Gasteiger partial charge in [-0.2, -0.15) is 0 Å². The number of benzene rings is 4. The third-order valence-electron chi connectivity index (χ3n) is 7.53. The number of nitrogens with zero attached hydrogens (tertiary/aromatic N) is 1. The van der Waals surface area contributed by atoms with Crippen molar-refractivity contribution in [3.8, 4) is 23.0 Å². The minimum Gasteiger partial charge on any atom is -0.481 e. The van der Waals surface area contributed by atoms with E-state index in [0.717, 1.165) is 5.39 Å². The van der Waals surface area contributed by atoms with Gasteiger partial charge in [0.2, 0.25) is 5.91 Å². The van der Waals surface area contributed by atoms with Crippen LogP contribution in [0.4, 0.5) is 5.69 Å². The first-order valence-electron chi connectivity index (χ1n) is 15.4. The van der Waals surface area contributed by atoms with Gasteiger partial charge in [0, 0.05) is 23.7 Å². The molecule has 0 bridgehead atoms. The molecule has 11 heteroatoms. The summed E-state index contributed by atoms with van der Waals surface area (Å²) in [4.78, 5) is 51.8. The molecule has 5 aromatic rings. The van der Waals surface area contributed by atoms with Gasteiger partial charge in [-0.1, -0.05) is 45.0 Å². The number of aliphatic carboxylic acids is 2. The fourth-order valence-corrected chi connectivity index (χ4v) is 4.91. The number of carbonyl (C=O) groups is 4. The van der Waals surface area contributed by atoms with E-state index in [1.165, 1.54) is 5.56 Å². The number of hydrogen-bond acceptors (Lipinski definition) is 7. The number of carboxylic acid groups (broad SMARTS) is 2. The molecule has 0 saturated heterocycles. The largest absolute Gasteiger partial charge is 0.481 e. The zero-order chi connectivity index (χ0) is 35.1. The number of ether oxygens (including phenoxy) is 2. The maximum Gasteiger partial charge on any atom is 0.326 e. The summed E-state index contributed by atoms with van der Waals surface area (Å²) in [5, 5.41) is 25.2. The summed E-state index contributed by atoms with van der Waals surface area (Å²) >= 11 is 0. The van der Waals surface area contributed by atoms with E-state index in [-0.39, 0.29) is 17.5 Å². The van der Waals surface area contributed by atoms with Crippen molar-refractivity contribution in [2.24, 2.45) is 0 Å². The molecule has 0 spiro atoms. The van der Waals surface area contributed by atoms with Gasteiger partial charge < -0.3 is 30.3 Å². The monoisotopic (exact) mass is 661 g/mol. The van der Waals surface area contributed by atoms with Gasteiger partial charge in [0.1, 0.15) is 41.2 Å². The smallest absolute Gasteiger partial charge is 0.326 e. The molecule has 0 aliphatic heterocycles. The number of pyridine rings is 1. The summed E-state index contributed by atoms with van der Waals surface area (Å²) in [5.41, 5.74) is 2.36. The lowest BCUT2D eigenvalue weighted by Crippen LogP contribution is -2.42. The van der Waals surface area contributed by atoms with E-state index < -0.39 is 36.2 Å². The molecule has 2 amide bonds. The number of fused-ring (bicyclic) bond motifs is 1. The number of amides is 2. The molecule has 0 saturated carbocycles. The maximum absolute atomic E-state index is 13.1. The first-order chi connectivity index (χ1) is 23.3. The molecule has 0 fully saturated rings. The molecule has 0 aliphatic carbocycles. The molecule has 1 aromatic heterocycles. The highest BCUT2D eigenvalue weighted by molar-refractivity contribution is 6.01. The van der Waals surface area contributed by atoms with Crippen LogP contribution in [0.15, 0.2) is 103 Å². The van der Waals surface area contributed by atoms with Crippen molar-refractivity contribution >= 4 is 40.2 Å². The quantitative estimate of drug-likeness (QED) is 0.104. The Kier molecular flexibility index (Phi) is 10.2. The molecule has 4 aromatic carbocycles. The number of carbonyl (C=O) groups excluding carboxylic acids is 2. The van der Waals surface area contributed by atoms with Gasteiger partial charge in [-0.05, 0) is 94.7 Å². The zero-order valence-corrected chi connectivity index (χ0v) is 27.1. The van der Waals surface area contributed by atoms with Crippen LogP contribution in [-0.2, 0) is 26.2 Å². The lowest BCUT2D eigenvalue weighted by Gasteiger charge is -2.19. The van der Waals surface area contributed by atoms with Crippen molar-refractivity contribution in [2.45, 2.75) is 45.1 Å². The van der Waals surface area contributed by atoms with Crippen LogP contribution in [0.2, 0.25) is 0 Å². The molecule has 1 atom stereocenters. The molecule has 0 unspecified atom stereocenters. The number of rotatable bonds is 12. The molecule has 49 heavy (non-hydrogen) atoms. The Bertz CT molecular complexity index is 1980. The van der Waals surface area contributed by atoms with Crippen molar-refractivity contribution in [1.82, 2.24) is 10.3 Å². The van der Waals surface area contributed by atoms with Gasteiger partial charge in [0.15, 0.2) is 0 Å². The summed E-state index contributed by atoms with van der Waals surface area (Å²) in [6.45, 7) is 6.43. The number of nitrogens with one attached hydrogen (secondary N) is 2. The molecule has 4 N–H and O–H groups in total. The van der Waals surface area contributed by atoms with Gasteiger partial charge in [0.05, 0.1) is 0 Å². The lowest BCUT2D eigenvalue weighted by atomic mass is 9.87. The van der Waals surface area contributed by atoms with Crippen LogP contribution in [0.5, 0.6) is 23.0 Å². The minimum absolute atomic E-state index is 0.0195. The minimum atomic E-state index is -1.22. The predicted octanol–water partition coefficient (Wildman–Crippen LogP) is 6.96. The predicted molar refractivity (Wildman–Crippen MR) is 183 cm³/mol. The fourth-order valence-electron chi connectivity index (χ4n) is 4.91. The van der Waals surface area contributed by atoms with Crippen LogP contribution in [0.3, 0.4) is 0 Å². The molecule has 0 radical (unpaired) electrons. The second kappa shape index (κ2) is 14.7. The summed E-state index contributed by atoms with van der Waals surface area (Å²) in [7, 11) is 0. The molecular formula is C38H35N3O8. The van der Waals surface area contributed by atoms with Crippen molar-refractivity contribution in [3.63, 3.8) is 0 Å². The third-order valence-corrected chi connectivity index (χ3v) is 7.53. The van der Waals surface area contributed by atoms with E-state index in [1.54, 1.807) is 66.9 Å². The Labute approximate surface area is 282 Å². The normalized spacial score (nSPS) is 11.7. The Balaban J connectivity index is 1.20. The van der Waals surface area contributed by atoms with Crippen molar-refractivity contribution in [1.29, 1.82) is 0 Å². The second-order valence-corrected chi connectivity index (χ2v) is 12.4. The van der Waals surface area contributed by atoms with Crippen LogP contribution < -0.4 is 20.1 Å². The Morgan fingerprint density at radius 3 is 1.90 bits per heavy atom. The lowest BCUT2D eigenvalue weighted by molar-refractivity contribution is -0.140. The van der Waals surface area contributed by atoms with Crippen LogP contribution in [-0.4, -0.2) is 45.0 Å². The van der Waals surface area contributed by atoms with E-state index in [0.29, 0.717) is 39.6 Å². The van der Waals surface area contributed by atoms with Crippen LogP contribution in [0, 0.1) is 0 Å². The van der Waals surface area contributed by atoms with Crippen LogP contribution >= 0.6 is 0 Å². The first kappa shape index (κ1) is 34.1. The number of carboxylic acids is 2. The topological polar surface area (TPSA) is 164 Å². The number of anilines is 1. The number of hydrogen-bond donors (Lipinski definition) is 4. The average molecular weight is 662 g/mol. The Morgan fingerprint density at radius 2 is 1.31 bits per heavy atom. The Hall–Kier alpha value is -6.23. The zero-order valence-electron chi connectivity index (χ0n) is 27.1. The molecule has 0 aliphatic rings. The highest BCUT2D eigenvalue weighted by atomic mass is 16.5. The third kappa shape index (κ3) is 9.41. The van der Waals surface area contributed by atoms with E-state index >= 15 is 0 Å². The highest BCUT2D eigenvalue weighted by Crippen LogP contribution is 2.29.